The van der Waals surface area contributed by atoms with Gasteiger partial charge in [0.15, 0.2) is 5.82 Å². The molecule has 0 spiro atoms. The van der Waals surface area contributed by atoms with Crippen molar-refractivity contribution in [1.29, 1.82) is 0 Å². The molecular weight excluding hydrogens is 240 g/mol. The number of hydrogen-bond donors (Lipinski definition) is 1. The van der Waals surface area contributed by atoms with Crippen LogP contribution >= 0.6 is 0 Å². The fraction of sp³-hybridized carbons (Fsp3) is 0.429. The minimum atomic E-state index is 0.0840. The van der Waals surface area contributed by atoms with Crippen LogP contribution in [0.4, 0.5) is 0 Å². The van der Waals surface area contributed by atoms with E-state index in [1.807, 2.05) is 0 Å². The lowest BCUT2D eigenvalue weighted by atomic mass is 10.0. The van der Waals surface area contributed by atoms with Crippen LogP contribution in [-0.4, -0.2) is 41.2 Å². The highest BCUT2D eigenvalue weighted by Gasteiger charge is 2.27. The zero-order valence-electron chi connectivity index (χ0n) is 11.0. The maximum Gasteiger partial charge on any atom is 0.213 e. The van der Waals surface area contributed by atoms with Crippen molar-refractivity contribution in [1.82, 2.24) is 20.4 Å². The van der Waals surface area contributed by atoms with E-state index >= 15 is 0 Å². The first-order valence-electron chi connectivity index (χ1n) is 6.62. The Balaban J connectivity index is 1.96. The van der Waals surface area contributed by atoms with Crippen LogP contribution in [0.15, 0.2) is 35.2 Å². The molecule has 0 saturated carbocycles. The summed E-state index contributed by atoms with van der Waals surface area (Å²) in [5.74, 6) is 0.743. The summed E-state index contributed by atoms with van der Waals surface area (Å²) in [6.45, 7) is 6.09. The van der Waals surface area contributed by atoms with E-state index in [9.17, 15) is 0 Å². The van der Waals surface area contributed by atoms with Gasteiger partial charge in [-0.3, -0.25) is 4.90 Å². The molecule has 1 unspecified atom stereocenters. The third kappa shape index (κ3) is 2.67. The van der Waals surface area contributed by atoms with Crippen LogP contribution < -0.4 is 5.32 Å². The van der Waals surface area contributed by atoms with Gasteiger partial charge in [0.25, 0.3) is 0 Å². The number of piperazine rings is 1. The molecule has 100 valence electrons. The second-order valence-corrected chi connectivity index (χ2v) is 4.89. The molecule has 1 aromatic carbocycles. The SMILES string of the molecule is Cc1cccc(C(c2ncon2)N2CCNCC2)c1. The van der Waals surface area contributed by atoms with E-state index in [1.165, 1.54) is 17.5 Å². The average Bonchev–Trinajstić information content (AvgIpc) is 2.94. The molecule has 1 aliphatic heterocycles. The van der Waals surface area contributed by atoms with E-state index in [-0.39, 0.29) is 6.04 Å². The summed E-state index contributed by atoms with van der Waals surface area (Å²) in [6, 6.07) is 8.61. The van der Waals surface area contributed by atoms with E-state index in [4.69, 9.17) is 4.52 Å². The normalized spacial score (nSPS) is 18.4. The number of aromatic nitrogens is 2. The molecule has 1 saturated heterocycles. The summed E-state index contributed by atoms with van der Waals surface area (Å²) < 4.78 is 4.93. The van der Waals surface area contributed by atoms with E-state index in [0.29, 0.717) is 0 Å². The first kappa shape index (κ1) is 12.3. The minimum Gasteiger partial charge on any atom is -0.343 e. The zero-order chi connectivity index (χ0) is 13.1. The Morgan fingerprint density at radius 2 is 2.16 bits per heavy atom. The maximum absolute atomic E-state index is 4.93. The molecule has 0 amide bonds. The predicted molar refractivity (Wildman–Crippen MR) is 71.8 cm³/mol. The lowest BCUT2D eigenvalue weighted by molar-refractivity contribution is 0.189. The van der Waals surface area contributed by atoms with Gasteiger partial charge in [-0.1, -0.05) is 35.0 Å². The molecule has 0 bridgehead atoms. The van der Waals surface area contributed by atoms with Crippen LogP contribution in [0.3, 0.4) is 0 Å². The molecule has 19 heavy (non-hydrogen) atoms. The molecule has 1 N–H and O–H groups in total. The Hall–Kier alpha value is -1.72. The number of rotatable bonds is 3. The molecule has 1 fully saturated rings. The van der Waals surface area contributed by atoms with Crippen molar-refractivity contribution in [3.8, 4) is 0 Å². The van der Waals surface area contributed by atoms with Crippen molar-refractivity contribution in [2.75, 3.05) is 26.2 Å². The van der Waals surface area contributed by atoms with Crippen LogP contribution in [0.25, 0.3) is 0 Å². The largest absolute Gasteiger partial charge is 0.343 e. The first-order valence-corrected chi connectivity index (χ1v) is 6.62. The monoisotopic (exact) mass is 258 g/mol. The van der Waals surface area contributed by atoms with Gasteiger partial charge in [-0.05, 0) is 12.5 Å². The van der Waals surface area contributed by atoms with Crippen molar-refractivity contribution >= 4 is 0 Å². The highest BCUT2D eigenvalue weighted by atomic mass is 16.5. The van der Waals surface area contributed by atoms with Crippen molar-refractivity contribution in [2.45, 2.75) is 13.0 Å². The number of benzene rings is 1. The third-order valence-corrected chi connectivity index (χ3v) is 3.50. The van der Waals surface area contributed by atoms with E-state index in [1.54, 1.807) is 0 Å². The van der Waals surface area contributed by atoms with Crippen molar-refractivity contribution < 1.29 is 4.52 Å². The number of nitrogens with one attached hydrogen (secondary N) is 1. The highest BCUT2D eigenvalue weighted by Crippen LogP contribution is 2.26. The molecular formula is C14H18N4O. The van der Waals surface area contributed by atoms with Gasteiger partial charge in [0.05, 0.1) is 6.04 Å². The Bertz CT molecular complexity index is 520. The molecule has 1 atom stereocenters. The Kier molecular flexibility index (Phi) is 3.57. The third-order valence-electron chi connectivity index (χ3n) is 3.50. The topological polar surface area (TPSA) is 54.2 Å². The fourth-order valence-corrected chi connectivity index (χ4v) is 2.60. The average molecular weight is 258 g/mol. The summed E-state index contributed by atoms with van der Waals surface area (Å²) in [5, 5.41) is 7.42. The highest BCUT2D eigenvalue weighted by molar-refractivity contribution is 5.29. The minimum absolute atomic E-state index is 0.0840. The maximum atomic E-state index is 4.93. The quantitative estimate of drug-likeness (QED) is 0.901. The number of aryl methyl sites for hydroxylation is 1. The summed E-state index contributed by atoms with van der Waals surface area (Å²) in [7, 11) is 0. The Morgan fingerprint density at radius 1 is 1.32 bits per heavy atom. The van der Waals surface area contributed by atoms with Gasteiger partial charge in [0.1, 0.15) is 0 Å². The molecule has 0 aliphatic carbocycles. The van der Waals surface area contributed by atoms with Gasteiger partial charge in [-0.2, -0.15) is 4.98 Å². The molecule has 2 aromatic rings. The van der Waals surface area contributed by atoms with Gasteiger partial charge in [-0.25, -0.2) is 0 Å². The van der Waals surface area contributed by atoms with Crippen LogP contribution in [0.1, 0.15) is 23.0 Å². The summed E-state index contributed by atoms with van der Waals surface area (Å²) in [5.41, 5.74) is 2.48. The smallest absolute Gasteiger partial charge is 0.213 e. The van der Waals surface area contributed by atoms with Crippen LogP contribution in [0.2, 0.25) is 0 Å². The molecule has 3 rings (SSSR count). The molecule has 2 heterocycles. The van der Waals surface area contributed by atoms with Crippen LogP contribution in [0.5, 0.6) is 0 Å². The summed E-state index contributed by atoms with van der Waals surface area (Å²) in [4.78, 5) is 6.66. The summed E-state index contributed by atoms with van der Waals surface area (Å²) >= 11 is 0. The second kappa shape index (κ2) is 5.50. The number of hydrogen-bond acceptors (Lipinski definition) is 5. The fourth-order valence-electron chi connectivity index (χ4n) is 2.60. The zero-order valence-corrected chi connectivity index (χ0v) is 11.0. The van der Waals surface area contributed by atoms with Gasteiger partial charge < -0.3 is 9.84 Å². The van der Waals surface area contributed by atoms with E-state index in [0.717, 1.165) is 32.0 Å². The van der Waals surface area contributed by atoms with E-state index < -0.39 is 0 Å². The lowest BCUT2D eigenvalue weighted by Gasteiger charge is -2.33. The molecule has 5 heteroatoms. The second-order valence-electron chi connectivity index (χ2n) is 4.89. The first-order chi connectivity index (χ1) is 9.34. The van der Waals surface area contributed by atoms with Gasteiger partial charge in [-0.15, -0.1) is 0 Å². The Labute approximate surface area is 112 Å². The molecule has 1 aromatic heterocycles. The molecule has 5 nitrogen and oxygen atoms in total. The van der Waals surface area contributed by atoms with E-state index in [2.05, 4.69) is 51.5 Å². The Morgan fingerprint density at radius 3 is 2.84 bits per heavy atom. The standard InChI is InChI=1S/C14H18N4O/c1-11-3-2-4-12(9-11)13(14-16-10-19-17-14)18-7-5-15-6-8-18/h2-4,9-10,13,15H,5-8H2,1H3. The van der Waals surface area contributed by atoms with Crippen LogP contribution in [0, 0.1) is 6.92 Å². The van der Waals surface area contributed by atoms with Gasteiger partial charge in [0.2, 0.25) is 6.39 Å². The van der Waals surface area contributed by atoms with Crippen molar-refractivity contribution in [3.63, 3.8) is 0 Å². The summed E-state index contributed by atoms with van der Waals surface area (Å²) in [6.07, 6.45) is 1.40. The molecule has 0 radical (unpaired) electrons. The van der Waals surface area contributed by atoms with Gasteiger partial charge >= 0.3 is 0 Å². The predicted octanol–water partition coefficient (Wildman–Crippen LogP) is 1.37. The van der Waals surface area contributed by atoms with Crippen molar-refractivity contribution in [3.05, 3.63) is 47.6 Å². The van der Waals surface area contributed by atoms with Crippen molar-refractivity contribution in [2.24, 2.45) is 0 Å². The van der Waals surface area contributed by atoms with Gasteiger partial charge in [0, 0.05) is 26.2 Å². The molecule has 1 aliphatic rings. The van der Waals surface area contributed by atoms with Crippen LogP contribution in [-0.2, 0) is 0 Å². The number of nitrogens with zero attached hydrogens (tertiary/aromatic N) is 3. The lowest BCUT2D eigenvalue weighted by Crippen LogP contribution is -2.45.